The van der Waals surface area contributed by atoms with E-state index in [1.807, 2.05) is 77.3 Å². The van der Waals surface area contributed by atoms with Crippen LogP contribution in [0, 0.1) is 0 Å². The Kier molecular flexibility index (Phi) is 3.60. The summed E-state index contributed by atoms with van der Waals surface area (Å²) in [7, 11) is 0. The topological polar surface area (TPSA) is 72.3 Å². The molecule has 7 rings (SSSR count). The van der Waals surface area contributed by atoms with Gasteiger partial charge in [-0.2, -0.15) is 11.5 Å². The van der Waals surface area contributed by atoms with Crippen LogP contribution < -0.4 is 0 Å². The van der Waals surface area contributed by atoms with Gasteiger partial charge in [0.05, 0.1) is 0 Å². The van der Waals surface area contributed by atoms with Crippen molar-refractivity contribution in [1.82, 2.24) is 29.4 Å². The minimum atomic E-state index is 0.602. The summed E-state index contributed by atoms with van der Waals surface area (Å²) in [6.07, 6.45) is 0. The molecule has 6 nitrogen and oxygen atoms in total. The molecule has 8 heteroatoms. The van der Waals surface area contributed by atoms with Gasteiger partial charge in [-0.3, -0.25) is 0 Å². The Morgan fingerprint density at radius 2 is 1.09 bits per heavy atom. The molecular formula is C24H13BClN6. The highest BCUT2D eigenvalue weighted by Crippen LogP contribution is 2.35. The monoisotopic (exact) mass is 431 g/mol. The van der Waals surface area contributed by atoms with Gasteiger partial charge in [0.25, 0.3) is 0 Å². The number of hydrogen-bond acceptors (Lipinski definition) is 4. The molecule has 6 aromatic rings. The third-order valence-corrected chi connectivity index (χ3v) is 6.10. The maximum absolute atomic E-state index is 6.34. The van der Waals surface area contributed by atoms with Gasteiger partial charge in [0.1, 0.15) is 22.6 Å². The molecule has 6 bridgehead atoms. The van der Waals surface area contributed by atoms with Crippen LogP contribution in [0.4, 0.5) is 0 Å². The summed E-state index contributed by atoms with van der Waals surface area (Å²) in [5.74, 6) is 1.22. The quantitative estimate of drug-likeness (QED) is 0.353. The maximum atomic E-state index is 6.34. The fourth-order valence-corrected chi connectivity index (χ4v) is 4.63. The summed E-state index contributed by atoms with van der Waals surface area (Å²) in [6.45, 7) is 1.48. The van der Waals surface area contributed by atoms with Crippen molar-refractivity contribution in [2.75, 3.05) is 0 Å². The van der Waals surface area contributed by atoms with E-state index in [4.69, 9.17) is 31.4 Å². The van der Waals surface area contributed by atoms with Crippen molar-refractivity contribution in [1.29, 1.82) is 0 Å². The molecule has 0 saturated heterocycles. The lowest BCUT2D eigenvalue weighted by atomic mass is 10.1. The van der Waals surface area contributed by atoms with Crippen LogP contribution in [0.5, 0.6) is 0 Å². The molecule has 0 atom stereocenters. The minimum absolute atomic E-state index is 0.602. The SMILES string of the molecule is Cl[B]n1c2nc3nc(nc4[nH]c(nc1c1ccccc12)c1ccccc41)-c1ccccc1-3. The number of benzene rings is 3. The van der Waals surface area contributed by atoms with E-state index in [2.05, 4.69) is 4.98 Å². The summed E-state index contributed by atoms with van der Waals surface area (Å²) in [5, 5.41) is 3.86. The van der Waals surface area contributed by atoms with Gasteiger partial charge < -0.3 is 9.46 Å². The first-order chi connectivity index (χ1) is 15.8. The standard InChI is InChI=1S/C24H13BClN6/c26-25-32-23-17-11-5-6-12-18(17)24(32)31-22-16-10-4-2-8-14(16)20(29-22)27-19-13-7-1-3-9-15(13)21(28-19)30-23/h1-12H,(H,27,28,29,30,31). The van der Waals surface area contributed by atoms with Crippen molar-refractivity contribution in [3.8, 4) is 22.8 Å². The number of aromatic nitrogens is 6. The van der Waals surface area contributed by atoms with Crippen molar-refractivity contribution in [2.24, 2.45) is 0 Å². The number of nitrogens with zero attached hydrogens (tertiary/aromatic N) is 5. The van der Waals surface area contributed by atoms with Gasteiger partial charge in [-0.15, -0.1) is 0 Å². The van der Waals surface area contributed by atoms with Crippen LogP contribution in [-0.4, -0.2) is 36.2 Å². The lowest BCUT2D eigenvalue weighted by Crippen LogP contribution is -2.01. The minimum Gasteiger partial charge on any atom is -0.342 e. The van der Waals surface area contributed by atoms with Gasteiger partial charge in [0.15, 0.2) is 11.6 Å². The molecule has 0 fully saturated rings. The van der Waals surface area contributed by atoms with Crippen LogP contribution in [0.2, 0.25) is 0 Å². The van der Waals surface area contributed by atoms with Gasteiger partial charge in [0, 0.05) is 32.7 Å². The Bertz CT molecular complexity index is 1790. The first-order valence-corrected chi connectivity index (χ1v) is 10.6. The molecule has 1 radical (unpaired) electrons. The van der Waals surface area contributed by atoms with Crippen LogP contribution in [0.1, 0.15) is 0 Å². The van der Waals surface area contributed by atoms with Crippen LogP contribution >= 0.6 is 11.5 Å². The Morgan fingerprint density at radius 1 is 0.594 bits per heavy atom. The average molecular weight is 432 g/mol. The molecule has 3 aromatic carbocycles. The van der Waals surface area contributed by atoms with Gasteiger partial charge in [-0.1, -0.05) is 72.8 Å². The number of fused-ring (bicyclic) bond motifs is 15. The lowest BCUT2D eigenvalue weighted by Gasteiger charge is -1.99. The molecule has 0 spiro atoms. The highest BCUT2D eigenvalue weighted by atomic mass is 35.5. The zero-order valence-corrected chi connectivity index (χ0v) is 17.4. The number of aromatic amines is 1. The zero-order chi connectivity index (χ0) is 21.2. The molecule has 0 aliphatic carbocycles. The van der Waals surface area contributed by atoms with E-state index in [-0.39, 0.29) is 0 Å². The second-order valence-electron chi connectivity index (χ2n) is 7.67. The summed E-state index contributed by atoms with van der Waals surface area (Å²) < 4.78 is 1.81. The smallest absolute Gasteiger partial charge is 0.342 e. The normalized spacial score (nSPS) is 11.9. The molecule has 1 aliphatic heterocycles. The molecule has 0 amide bonds. The fraction of sp³-hybridized carbons (Fsp3) is 0. The average Bonchev–Trinajstić information content (AvgIpc) is 3.46. The van der Waals surface area contributed by atoms with E-state index in [0.717, 1.165) is 32.7 Å². The predicted octanol–water partition coefficient (Wildman–Crippen LogP) is 5.40. The van der Waals surface area contributed by atoms with E-state index in [1.165, 1.54) is 6.83 Å². The Labute approximate surface area is 187 Å². The van der Waals surface area contributed by atoms with Gasteiger partial charge in [0.2, 0.25) is 0 Å². The number of nitrogens with one attached hydrogen (secondary N) is 1. The molecular weight excluding hydrogens is 419 g/mol. The highest BCUT2D eigenvalue weighted by molar-refractivity contribution is 6.93. The Morgan fingerprint density at radius 3 is 1.72 bits per heavy atom. The third-order valence-electron chi connectivity index (χ3n) is 5.90. The van der Waals surface area contributed by atoms with E-state index >= 15 is 0 Å². The molecule has 32 heavy (non-hydrogen) atoms. The van der Waals surface area contributed by atoms with E-state index < -0.39 is 0 Å². The highest BCUT2D eigenvalue weighted by Gasteiger charge is 2.20. The molecule has 0 saturated carbocycles. The van der Waals surface area contributed by atoms with Crippen molar-refractivity contribution in [2.45, 2.75) is 0 Å². The summed E-state index contributed by atoms with van der Waals surface area (Å²) >= 11 is 6.34. The van der Waals surface area contributed by atoms with Gasteiger partial charge in [-0.05, 0) is 0 Å². The maximum Gasteiger partial charge on any atom is 0.378 e. The Balaban J connectivity index is 1.82. The molecule has 1 aliphatic rings. The largest absolute Gasteiger partial charge is 0.378 e. The van der Waals surface area contributed by atoms with Crippen LogP contribution in [0.3, 0.4) is 0 Å². The van der Waals surface area contributed by atoms with E-state index in [1.54, 1.807) is 0 Å². The van der Waals surface area contributed by atoms with Crippen LogP contribution in [-0.2, 0) is 0 Å². The van der Waals surface area contributed by atoms with Crippen molar-refractivity contribution in [3.05, 3.63) is 72.8 Å². The van der Waals surface area contributed by atoms with Crippen LogP contribution in [0.25, 0.3) is 66.9 Å². The van der Waals surface area contributed by atoms with E-state index in [9.17, 15) is 0 Å². The molecule has 1 N–H and O–H groups in total. The molecule has 149 valence electrons. The number of halogens is 1. The zero-order valence-electron chi connectivity index (χ0n) is 16.6. The first-order valence-electron chi connectivity index (χ1n) is 10.2. The second-order valence-corrected chi connectivity index (χ2v) is 7.86. The third kappa shape index (κ3) is 2.37. The number of hydrogen-bond donors (Lipinski definition) is 1. The second kappa shape index (κ2) is 6.51. The summed E-state index contributed by atoms with van der Waals surface area (Å²) in [5.41, 5.74) is 4.69. The van der Waals surface area contributed by atoms with Crippen molar-refractivity contribution < 1.29 is 0 Å². The van der Waals surface area contributed by atoms with Gasteiger partial charge in [-0.25, -0.2) is 19.9 Å². The van der Waals surface area contributed by atoms with Crippen molar-refractivity contribution >= 4 is 62.4 Å². The van der Waals surface area contributed by atoms with Gasteiger partial charge >= 0.3 is 6.83 Å². The van der Waals surface area contributed by atoms with Crippen LogP contribution in [0.15, 0.2) is 72.8 Å². The molecule has 3 aromatic heterocycles. The summed E-state index contributed by atoms with van der Waals surface area (Å²) in [4.78, 5) is 23.1. The van der Waals surface area contributed by atoms with Crippen molar-refractivity contribution in [3.63, 3.8) is 0 Å². The fourth-order valence-electron chi connectivity index (χ4n) is 4.45. The van der Waals surface area contributed by atoms with E-state index in [0.29, 0.717) is 34.2 Å². The first kappa shape index (κ1) is 17.7. The predicted molar refractivity (Wildman–Crippen MR) is 129 cm³/mol. The lowest BCUT2D eigenvalue weighted by molar-refractivity contribution is 1.18. The molecule has 0 unspecified atom stereocenters. The number of H-pyrrole nitrogens is 1. The molecule has 4 heterocycles. The summed E-state index contributed by atoms with van der Waals surface area (Å²) in [6, 6.07) is 24.1. The Hall–Kier alpha value is -3.97. The number of rotatable bonds is 1.